The topological polar surface area (TPSA) is 40.5 Å². The van der Waals surface area contributed by atoms with Gasteiger partial charge in [-0.05, 0) is 86.4 Å². The normalized spacial score (nSPS) is 39.2. The lowest BCUT2D eigenvalue weighted by Gasteiger charge is -2.44. The Hall–Kier alpha value is -0.860. The van der Waals surface area contributed by atoms with E-state index in [9.17, 15) is 10.2 Å². The van der Waals surface area contributed by atoms with Crippen molar-refractivity contribution in [3.63, 3.8) is 0 Å². The Labute approximate surface area is 179 Å². The number of hydrogen-bond acceptors (Lipinski definition) is 2. The first-order valence-corrected chi connectivity index (χ1v) is 12.1. The van der Waals surface area contributed by atoms with Crippen molar-refractivity contribution in [3.05, 3.63) is 35.5 Å². The first-order chi connectivity index (χ1) is 13.7. The molecule has 2 heteroatoms. The molecule has 0 aromatic carbocycles. The highest BCUT2D eigenvalue weighted by molar-refractivity contribution is 5.26. The molecule has 2 nitrogen and oxygen atoms in total. The van der Waals surface area contributed by atoms with Crippen LogP contribution in [-0.4, -0.2) is 22.4 Å². The van der Waals surface area contributed by atoms with Crippen molar-refractivity contribution in [2.45, 2.75) is 98.2 Å². The minimum absolute atomic E-state index is 0.378. The maximum atomic E-state index is 9.97. The third kappa shape index (κ3) is 5.25. The molecule has 0 aromatic heterocycles. The van der Waals surface area contributed by atoms with Gasteiger partial charge in [-0.2, -0.15) is 0 Å². The molecule has 3 rings (SSSR count). The molecule has 0 unspecified atom stereocenters. The van der Waals surface area contributed by atoms with Crippen LogP contribution in [0, 0.1) is 35.0 Å². The lowest BCUT2D eigenvalue weighted by atomic mass is 9.61. The van der Waals surface area contributed by atoms with Crippen LogP contribution in [0.1, 0.15) is 86.0 Å². The second-order valence-corrected chi connectivity index (χ2v) is 11.0. The molecule has 29 heavy (non-hydrogen) atoms. The molecule has 0 radical (unpaired) electrons. The number of fused-ring (bicyclic) bond motifs is 1. The zero-order chi connectivity index (χ0) is 21.2. The number of allylic oxidation sites excluding steroid dienone is 5. The molecule has 0 amide bonds. The number of aliphatic hydroxyl groups excluding tert-OH is 2. The second-order valence-electron chi connectivity index (χ2n) is 11.0. The summed E-state index contributed by atoms with van der Waals surface area (Å²) in [6.07, 6.45) is 17.3. The largest absolute Gasteiger partial charge is 0.393 e. The molecule has 3 fully saturated rings. The summed E-state index contributed by atoms with van der Waals surface area (Å²) in [6, 6.07) is 0. The third-order valence-corrected chi connectivity index (χ3v) is 8.52. The minimum atomic E-state index is -0.378. The summed E-state index contributed by atoms with van der Waals surface area (Å²) in [5, 5.41) is 19.9. The summed E-state index contributed by atoms with van der Waals surface area (Å²) in [5.74, 6) is 3.48. The average molecular weight is 401 g/mol. The molecule has 3 aliphatic carbocycles. The Bertz CT molecular complexity index is 631. The van der Waals surface area contributed by atoms with E-state index in [2.05, 4.69) is 58.9 Å². The Morgan fingerprint density at radius 3 is 2.31 bits per heavy atom. The highest BCUT2D eigenvalue weighted by atomic mass is 16.3. The van der Waals surface area contributed by atoms with E-state index in [-0.39, 0.29) is 12.2 Å². The van der Waals surface area contributed by atoms with E-state index in [1.165, 1.54) is 37.7 Å². The van der Waals surface area contributed by atoms with Gasteiger partial charge in [-0.15, -0.1) is 0 Å². The Kier molecular flexibility index (Phi) is 7.49. The molecule has 164 valence electrons. The number of hydrogen-bond donors (Lipinski definition) is 2. The molecule has 0 aliphatic heterocycles. The van der Waals surface area contributed by atoms with Crippen LogP contribution in [0.3, 0.4) is 0 Å². The van der Waals surface area contributed by atoms with Crippen LogP contribution in [0.5, 0.6) is 0 Å². The summed E-state index contributed by atoms with van der Waals surface area (Å²) in [5.41, 5.74) is 3.25. The van der Waals surface area contributed by atoms with E-state index in [0.717, 1.165) is 18.8 Å². The average Bonchev–Trinajstić information content (AvgIpc) is 3.00. The fourth-order valence-electron chi connectivity index (χ4n) is 6.38. The van der Waals surface area contributed by atoms with Crippen molar-refractivity contribution in [2.75, 3.05) is 0 Å². The summed E-state index contributed by atoms with van der Waals surface area (Å²) >= 11 is 0. The number of aliphatic hydroxyl groups is 2. The third-order valence-electron chi connectivity index (χ3n) is 8.52. The van der Waals surface area contributed by atoms with E-state index in [0.29, 0.717) is 35.5 Å². The summed E-state index contributed by atoms with van der Waals surface area (Å²) < 4.78 is 0. The van der Waals surface area contributed by atoms with Crippen LogP contribution in [0.15, 0.2) is 35.5 Å². The van der Waals surface area contributed by atoms with Gasteiger partial charge in [0.2, 0.25) is 0 Å². The van der Waals surface area contributed by atoms with Crippen molar-refractivity contribution in [2.24, 2.45) is 35.0 Å². The SMILES string of the molecule is CC(C)[C@@H](C)/C=C/[C@@H](C)[C@H]1CC[C@H]2/C(=C/C=C3C[C@@H](O)C[C@H](O)C3)CCC[C@]12C. The van der Waals surface area contributed by atoms with Gasteiger partial charge in [0.05, 0.1) is 12.2 Å². The van der Waals surface area contributed by atoms with Gasteiger partial charge in [0, 0.05) is 0 Å². The summed E-state index contributed by atoms with van der Waals surface area (Å²) in [7, 11) is 0. The molecule has 7 atom stereocenters. The van der Waals surface area contributed by atoms with Gasteiger partial charge in [-0.3, -0.25) is 0 Å². The molecular weight excluding hydrogens is 356 g/mol. The monoisotopic (exact) mass is 400 g/mol. The van der Waals surface area contributed by atoms with Crippen LogP contribution in [0.2, 0.25) is 0 Å². The van der Waals surface area contributed by atoms with E-state index in [4.69, 9.17) is 0 Å². The van der Waals surface area contributed by atoms with Crippen molar-refractivity contribution in [1.82, 2.24) is 0 Å². The molecule has 3 aliphatic rings. The van der Waals surface area contributed by atoms with Gasteiger partial charge < -0.3 is 10.2 Å². The molecular formula is C27H44O2. The molecule has 0 heterocycles. The second kappa shape index (κ2) is 9.52. The van der Waals surface area contributed by atoms with Gasteiger partial charge in [0.15, 0.2) is 0 Å². The molecule has 2 N–H and O–H groups in total. The quantitative estimate of drug-likeness (QED) is 0.521. The highest BCUT2D eigenvalue weighted by Crippen LogP contribution is 2.59. The predicted octanol–water partition coefficient (Wildman–Crippen LogP) is 6.45. The molecule has 0 aromatic rings. The molecule has 3 saturated carbocycles. The van der Waals surface area contributed by atoms with Crippen LogP contribution in [-0.2, 0) is 0 Å². The minimum Gasteiger partial charge on any atom is -0.393 e. The maximum absolute atomic E-state index is 9.97. The van der Waals surface area contributed by atoms with Crippen LogP contribution < -0.4 is 0 Å². The smallest absolute Gasteiger partial charge is 0.0602 e. The fraction of sp³-hybridized carbons (Fsp3) is 0.778. The van der Waals surface area contributed by atoms with Crippen molar-refractivity contribution in [1.29, 1.82) is 0 Å². The zero-order valence-electron chi connectivity index (χ0n) is 19.4. The van der Waals surface area contributed by atoms with E-state index < -0.39 is 0 Å². The molecule has 0 spiro atoms. The standard InChI is InChI=1S/C27H44O2/c1-18(2)19(3)8-9-20(4)25-12-13-26-22(7-6-14-27(25,26)5)11-10-21-15-23(28)17-24(29)16-21/h8-11,18-20,23-26,28-29H,6-7,12-17H2,1-5H3/b9-8+,22-11+/t19-,20+,23+,24+,25+,26-,27+/m0/s1. The summed E-state index contributed by atoms with van der Waals surface area (Å²) in [4.78, 5) is 0. The first-order valence-electron chi connectivity index (χ1n) is 12.1. The van der Waals surface area contributed by atoms with Gasteiger partial charge in [-0.1, -0.05) is 70.1 Å². The Morgan fingerprint density at radius 2 is 1.66 bits per heavy atom. The maximum Gasteiger partial charge on any atom is 0.0602 e. The van der Waals surface area contributed by atoms with Crippen LogP contribution in [0.25, 0.3) is 0 Å². The summed E-state index contributed by atoms with van der Waals surface area (Å²) in [6.45, 7) is 11.9. The van der Waals surface area contributed by atoms with Gasteiger partial charge in [0.1, 0.15) is 0 Å². The van der Waals surface area contributed by atoms with Gasteiger partial charge in [-0.25, -0.2) is 0 Å². The predicted molar refractivity (Wildman–Crippen MR) is 123 cm³/mol. The van der Waals surface area contributed by atoms with Gasteiger partial charge in [0.25, 0.3) is 0 Å². The van der Waals surface area contributed by atoms with Crippen LogP contribution >= 0.6 is 0 Å². The van der Waals surface area contributed by atoms with E-state index >= 15 is 0 Å². The first kappa shape index (κ1) is 22.8. The lowest BCUT2D eigenvalue weighted by Crippen LogP contribution is -2.35. The van der Waals surface area contributed by atoms with Crippen molar-refractivity contribution < 1.29 is 10.2 Å². The highest BCUT2D eigenvalue weighted by Gasteiger charge is 2.50. The van der Waals surface area contributed by atoms with Crippen molar-refractivity contribution >= 4 is 0 Å². The Balaban J connectivity index is 1.72. The zero-order valence-corrected chi connectivity index (χ0v) is 19.4. The lowest BCUT2D eigenvalue weighted by molar-refractivity contribution is 0.0609. The van der Waals surface area contributed by atoms with Gasteiger partial charge >= 0.3 is 0 Å². The van der Waals surface area contributed by atoms with Crippen LogP contribution in [0.4, 0.5) is 0 Å². The van der Waals surface area contributed by atoms with Crippen molar-refractivity contribution in [3.8, 4) is 0 Å². The van der Waals surface area contributed by atoms with E-state index in [1.807, 2.05) is 0 Å². The number of rotatable bonds is 5. The Morgan fingerprint density at radius 1 is 0.966 bits per heavy atom. The molecule has 0 saturated heterocycles. The van der Waals surface area contributed by atoms with E-state index in [1.54, 1.807) is 5.57 Å². The fourth-order valence-corrected chi connectivity index (χ4v) is 6.38. The molecule has 0 bridgehead atoms.